The highest BCUT2D eigenvalue weighted by molar-refractivity contribution is 5.90. The molecule has 0 aliphatic heterocycles. The third-order valence-electron chi connectivity index (χ3n) is 3.28. The van der Waals surface area contributed by atoms with Gasteiger partial charge in [0.05, 0.1) is 0 Å². The summed E-state index contributed by atoms with van der Waals surface area (Å²) >= 11 is 0. The zero-order valence-corrected chi connectivity index (χ0v) is 10.5. The number of amides is 1. The Kier molecular flexibility index (Phi) is 3.76. The molecule has 0 aromatic carbocycles. The fraction of sp³-hybridized carbons (Fsp3) is 0.750. The molecule has 1 heterocycles. The number of nitrogens with zero attached hydrogens (tertiary/aromatic N) is 2. The number of carbonyl (C=O) groups is 1. The first-order valence-corrected chi connectivity index (χ1v) is 6.37. The van der Waals surface area contributed by atoms with Gasteiger partial charge in [-0.05, 0) is 18.8 Å². The average Bonchev–Trinajstić information content (AvgIpc) is 2.96. The lowest BCUT2D eigenvalue weighted by Gasteiger charge is -2.08. The highest BCUT2D eigenvalue weighted by Gasteiger charge is 2.18. The lowest BCUT2D eigenvalue weighted by Crippen LogP contribution is -2.29. The maximum absolute atomic E-state index is 11.8. The van der Waals surface area contributed by atoms with Crippen LogP contribution in [0.5, 0.6) is 0 Å². The summed E-state index contributed by atoms with van der Waals surface area (Å²) in [4.78, 5) is 16.0. The quantitative estimate of drug-likeness (QED) is 0.838. The van der Waals surface area contributed by atoms with E-state index in [1.807, 2.05) is 13.8 Å². The molecule has 17 heavy (non-hydrogen) atoms. The highest BCUT2D eigenvalue weighted by atomic mass is 16.2. The van der Waals surface area contributed by atoms with Crippen LogP contribution in [-0.2, 0) is 0 Å². The van der Waals surface area contributed by atoms with E-state index < -0.39 is 0 Å². The predicted octanol–water partition coefficient (Wildman–Crippen LogP) is 1.85. The smallest absolute Gasteiger partial charge is 0.290 e. The lowest BCUT2D eigenvalue weighted by atomic mass is 10.1. The molecule has 0 radical (unpaired) electrons. The molecule has 1 saturated carbocycles. The number of hydrogen-bond donors (Lipinski definition) is 2. The number of aromatic amines is 1. The third-order valence-corrected chi connectivity index (χ3v) is 3.28. The standard InChI is InChI=1S/C12H20N4O/c1-8(2)10-14-11(16-15-10)12(17)13-7-9-5-3-4-6-9/h8-9H,3-7H2,1-2H3,(H,13,17)(H,14,15,16). The van der Waals surface area contributed by atoms with Crippen molar-refractivity contribution in [2.45, 2.75) is 45.4 Å². The molecular formula is C12H20N4O. The van der Waals surface area contributed by atoms with E-state index in [0.717, 1.165) is 12.4 Å². The van der Waals surface area contributed by atoms with E-state index in [2.05, 4.69) is 20.5 Å². The maximum atomic E-state index is 11.8. The summed E-state index contributed by atoms with van der Waals surface area (Å²) < 4.78 is 0. The molecule has 1 aromatic rings. The van der Waals surface area contributed by atoms with Crippen LogP contribution in [0.25, 0.3) is 0 Å². The zero-order chi connectivity index (χ0) is 12.3. The Hall–Kier alpha value is -1.39. The molecule has 2 rings (SSSR count). The van der Waals surface area contributed by atoms with E-state index in [4.69, 9.17) is 0 Å². The van der Waals surface area contributed by atoms with Crippen molar-refractivity contribution in [3.05, 3.63) is 11.6 Å². The molecule has 5 nitrogen and oxygen atoms in total. The van der Waals surface area contributed by atoms with E-state index in [9.17, 15) is 4.79 Å². The number of carbonyl (C=O) groups excluding carboxylic acids is 1. The third kappa shape index (κ3) is 3.05. The molecule has 0 spiro atoms. The summed E-state index contributed by atoms with van der Waals surface area (Å²) in [5.41, 5.74) is 0. The van der Waals surface area contributed by atoms with Gasteiger partial charge in [-0.15, -0.1) is 5.10 Å². The van der Waals surface area contributed by atoms with E-state index in [0.29, 0.717) is 5.92 Å². The zero-order valence-electron chi connectivity index (χ0n) is 10.5. The minimum Gasteiger partial charge on any atom is -0.349 e. The minimum atomic E-state index is -0.167. The van der Waals surface area contributed by atoms with Crippen LogP contribution >= 0.6 is 0 Å². The Bertz CT molecular complexity index is 380. The number of hydrogen-bond acceptors (Lipinski definition) is 3. The van der Waals surface area contributed by atoms with E-state index >= 15 is 0 Å². The van der Waals surface area contributed by atoms with Crippen molar-refractivity contribution in [2.24, 2.45) is 5.92 Å². The number of aromatic nitrogens is 3. The molecule has 1 aromatic heterocycles. The largest absolute Gasteiger partial charge is 0.349 e. The van der Waals surface area contributed by atoms with Gasteiger partial charge < -0.3 is 5.32 Å². The van der Waals surface area contributed by atoms with Gasteiger partial charge in [0.1, 0.15) is 5.82 Å². The molecule has 1 fully saturated rings. The van der Waals surface area contributed by atoms with E-state index in [-0.39, 0.29) is 17.6 Å². The summed E-state index contributed by atoms with van der Waals surface area (Å²) in [5, 5.41) is 9.64. The van der Waals surface area contributed by atoms with Crippen LogP contribution in [0.1, 0.15) is 61.9 Å². The van der Waals surface area contributed by atoms with Gasteiger partial charge in [0.25, 0.3) is 5.91 Å². The Morgan fingerprint density at radius 3 is 2.76 bits per heavy atom. The molecule has 1 amide bonds. The number of rotatable bonds is 4. The second kappa shape index (κ2) is 5.29. The van der Waals surface area contributed by atoms with Gasteiger partial charge in [0, 0.05) is 12.5 Å². The maximum Gasteiger partial charge on any atom is 0.290 e. The molecule has 2 N–H and O–H groups in total. The van der Waals surface area contributed by atoms with Crippen LogP contribution in [0, 0.1) is 5.92 Å². The van der Waals surface area contributed by atoms with Crippen molar-refractivity contribution in [1.82, 2.24) is 20.5 Å². The molecule has 1 aliphatic carbocycles. The van der Waals surface area contributed by atoms with Gasteiger partial charge in [-0.3, -0.25) is 9.89 Å². The summed E-state index contributed by atoms with van der Waals surface area (Å²) in [6.45, 7) is 4.78. The van der Waals surface area contributed by atoms with Gasteiger partial charge in [-0.1, -0.05) is 26.7 Å². The first-order chi connectivity index (χ1) is 8.16. The topological polar surface area (TPSA) is 70.7 Å². The fourth-order valence-electron chi connectivity index (χ4n) is 2.16. The van der Waals surface area contributed by atoms with Crippen molar-refractivity contribution in [2.75, 3.05) is 6.54 Å². The van der Waals surface area contributed by atoms with Gasteiger partial charge >= 0.3 is 0 Å². The second-order valence-corrected chi connectivity index (χ2v) is 5.06. The van der Waals surface area contributed by atoms with Gasteiger partial charge in [0.2, 0.25) is 5.82 Å². The highest BCUT2D eigenvalue weighted by Crippen LogP contribution is 2.23. The van der Waals surface area contributed by atoms with Crippen LogP contribution in [0.4, 0.5) is 0 Å². The van der Waals surface area contributed by atoms with Crippen LogP contribution in [0.15, 0.2) is 0 Å². The molecule has 1 aliphatic rings. The normalized spacial score (nSPS) is 16.6. The van der Waals surface area contributed by atoms with Gasteiger partial charge in [-0.25, -0.2) is 4.98 Å². The van der Waals surface area contributed by atoms with Crippen LogP contribution < -0.4 is 5.32 Å². The van der Waals surface area contributed by atoms with Crippen LogP contribution in [-0.4, -0.2) is 27.6 Å². The second-order valence-electron chi connectivity index (χ2n) is 5.06. The van der Waals surface area contributed by atoms with Crippen molar-refractivity contribution in [3.8, 4) is 0 Å². The minimum absolute atomic E-state index is 0.167. The Morgan fingerprint density at radius 1 is 1.47 bits per heavy atom. The first kappa shape index (κ1) is 12.1. The van der Waals surface area contributed by atoms with Crippen molar-refractivity contribution in [1.29, 1.82) is 0 Å². The fourth-order valence-corrected chi connectivity index (χ4v) is 2.16. The Morgan fingerprint density at radius 2 is 2.18 bits per heavy atom. The van der Waals surface area contributed by atoms with Gasteiger partial charge in [0.15, 0.2) is 0 Å². The summed E-state index contributed by atoms with van der Waals surface area (Å²) in [5.74, 6) is 1.75. The monoisotopic (exact) mass is 236 g/mol. The van der Waals surface area contributed by atoms with Crippen molar-refractivity contribution >= 4 is 5.91 Å². The molecule has 0 saturated heterocycles. The number of H-pyrrole nitrogens is 1. The average molecular weight is 236 g/mol. The number of nitrogens with one attached hydrogen (secondary N) is 2. The summed E-state index contributed by atoms with van der Waals surface area (Å²) in [7, 11) is 0. The molecular weight excluding hydrogens is 216 g/mol. The first-order valence-electron chi connectivity index (χ1n) is 6.37. The van der Waals surface area contributed by atoms with Crippen LogP contribution in [0.2, 0.25) is 0 Å². The Labute approximate surface area is 101 Å². The van der Waals surface area contributed by atoms with Crippen molar-refractivity contribution in [3.63, 3.8) is 0 Å². The molecule has 0 bridgehead atoms. The summed E-state index contributed by atoms with van der Waals surface area (Å²) in [6.07, 6.45) is 5.04. The van der Waals surface area contributed by atoms with Crippen molar-refractivity contribution < 1.29 is 4.79 Å². The SMILES string of the molecule is CC(C)c1nc(C(=O)NCC2CCCC2)n[nH]1. The molecule has 0 unspecified atom stereocenters. The lowest BCUT2D eigenvalue weighted by molar-refractivity contribution is 0.0937. The van der Waals surface area contributed by atoms with E-state index in [1.54, 1.807) is 0 Å². The Balaban J connectivity index is 1.85. The predicted molar refractivity (Wildman–Crippen MR) is 64.8 cm³/mol. The molecule has 0 atom stereocenters. The molecule has 5 heteroatoms. The van der Waals surface area contributed by atoms with Gasteiger partial charge in [-0.2, -0.15) is 0 Å². The molecule has 94 valence electrons. The van der Waals surface area contributed by atoms with Crippen LogP contribution in [0.3, 0.4) is 0 Å². The summed E-state index contributed by atoms with van der Waals surface area (Å²) in [6, 6.07) is 0. The van der Waals surface area contributed by atoms with E-state index in [1.165, 1.54) is 25.7 Å².